The van der Waals surface area contributed by atoms with Crippen LogP contribution in [0.5, 0.6) is 23.0 Å². The third-order valence-electron chi connectivity index (χ3n) is 7.29. The van der Waals surface area contributed by atoms with E-state index >= 15 is 0 Å². The van der Waals surface area contributed by atoms with Crippen LogP contribution in [0.4, 0.5) is 11.4 Å². The van der Waals surface area contributed by atoms with E-state index in [0.717, 1.165) is 65.0 Å². The molecule has 0 radical (unpaired) electrons. The Morgan fingerprint density at radius 3 is 1.46 bits per heavy atom. The van der Waals surface area contributed by atoms with Crippen molar-refractivity contribution in [1.82, 2.24) is 0 Å². The second-order valence-corrected chi connectivity index (χ2v) is 10.2. The molecule has 0 bridgehead atoms. The van der Waals surface area contributed by atoms with Gasteiger partial charge in [-0.05, 0) is 78.2 Å². The molecule has 0 fully saturated rings. The lowest BCUT2D eigenvalue weighted by Crippen LogP contribution is -2.31. The van der Waals surface area contributed by atoms with Gasteiger partial charge < -0.3 is 28.7 Å². The van der Waals surface area contributed by atoms with Gasteiger partial charge in [0.15, 0.2) is 13.5 Å². The predicted molar refractivity (Wildman–Crippen MR) is 163 cm³/mol. The summed E-state index contributed by atoms with van der Waals surface area (Å²) >= 11 is 0. The zero-order chi connectivity index (χ0) is 28.0. The van der Waals surface area contributed by atoms with Crippen molar-refractivity contribution in [2.75, 3.05) is 36.5 Å². The normalized spacial score (nSPS) is 13.8. The molecular formula is C35H34N2O4. The summed E-state index contributed by atoms with van der Waals surface area (Å²) in [4.78, 5) is 4.46. The summed E-state index contributed by atoms with van der Waals surface area (Å²) in [6.45, 7) is 11.0. The molecule has 0 saturated heterocycles. The van der Waals surface area contributed by atoms with E-state index in [-0.39, 0.29) is 0 Å². The van der Waals surface area contributed by atoms with E-state index < -0.39 is 0 Å². The average Bonchev–Trinajstić information content (AvgIpc) is 3.02. The fourth-order valence-corrected chi connectivity index (χ4v) is 5.14. The van der Waals surface area contributed by atoms with Crippen LogP contribution in [0, 0.1) is 0 Å². The number of benzene rings is 4. The van der Waals surface area contributed by atoms with Crippen LogP contribution in [0.25, 0.3) is 0 Å². The smallest absolute Gasteiger partial charge is 0.161 e. The molecule has 0 saturated carbocycles. The first-order chi connectivity index (χ1) is 20.2. The van der Waals surface area contributed by atoms with Gasteiger partial charge in [0.25, 0.3) is 0 Å². The minimum atomic E-state index is 0.488. The summed E-state index contributed by atoms with van der Waals surface area (Å²) in [7, 11) is 0. The number of anilines is 2. The molecule has 41 heavy (non-hydrogen) atoms. The lowest BCUT2D eigenvalue weighted by Gasteiger charge is -2.31. The Morgan fingerprint density at radius 2 is 1.05 bits per heavy atom. The highest BCUT2D eigenvalue weighted by Gasteiger charge is 2.20. The maximum Gasteiger partial charge on any atom is 0.161 e. The summed E-state index contributed by atoms with van der Waals surface area (Å²) < 4.78 is 23.4. The Hall–Kier alpha value is -4.84. The van der Waals surface area contributed by atoms with Gasteiger partial charge in [0.1, 0.15) is 36.2 Å². The fraction of sp³-hybridized carbons (Fsp3) is 0.200. The van der Waals surface area contributed by atoms with Crippen molar-refractivity contribution >= 4 is 11.4 Å². The van der Waals surface area contributed by atoms with Crippen LogP contribution in [-0.2, 0) is 19.5 Å². The van der Waals surface area contributed by atoms with Gasteiger partial charge in [-0.25, -0.2) is 0 Å². The van der Waals surface area contributed by atoms with Gasteiger partial charge in [0, 0.05) is 35.6 Å². The monoisotopic (exact) mass is 546 g/mol. The molecule has 6 rings (SSSR count). The molecule has 4 aromatic carbocycles. The lowest BCUT2D eigenvalue weighted by atomic mass is 10.0. The predicted octanol–water partition coefficient (Wildman–Crippen LogP) is 7.12. The van der Waals surface area contributed by atoms with E-state index in [0.29, 0.717) is 26.7 Å². The Morgan fingerprint density at radius 1 is 0.610 bits per heavy atom. The van der Waals surface area contributed by atoms with Gasteiger partial charge in [0.2, 0.25) is 0 Å². The molecule has 2 aliphatic rings. The molecule has 6 nitrogen and oxygen atoms in total. The van der Waals surface area contributed by atoms with E-state index in [1.54, 1.807) is 12.2 Å². The fourth-order valence-electron chi connectivity index (χ4n) is 5.14. The largest absolute Gasteiger partial charge is 0.490 e. The lowest BCUT2D eigenvalue weighted by molar-refractivity contribution is 0.287. The third-order valence-corrected chi connectivity index (χ3v) is 7.29. The number of hydrogen-bond donors (Lipinski definition) is 0. The van der Waals surface area contributed by atoms with Crippen LogP contribution in [0.15, 0.2) is 110 Å². The van der Waals surface area contributed by atoms with E-state index in [9.17, 15) is 0 Å². The second kappa shape index (κ2) is 12.1. The number of hydrogen-bond acceptors (Lipinski definition) is 6. The van der Waals surface area contributed by atoms with Crippen molar-refractivity contribution in [1.29, 1.82) is 0 Å². The van der Waals surface area contributed by atoms with Gasteiger partial charge in [-0.3, -0.25) is 0 Å². The summed E-state index contributed by atoms with van der Waals surface area (Å²) in [6.07, 6.45) is 4.36. The average molecular weight is 547 g/mol. The maximum atomic E-state index is 6.01. The number of rotatable bonds is 10. The first-order valence-electron chi connectivity index (χ1n) is 13.8. The van der Waals surface area contributed by atoms with Crippen LogP contribution >= 0.6 is 0 Å². The molecular weight excluding hydrogens is 512 g/mol. The molecule has 0 unspecified atom stereocenters. The minimum absolute atomic E-state index is 0.488. The van der Waals surface area contributed by atoms with Crippen LogP contribution in [-0.4, -0.2) is 26.7 Å². The molecule has 0 atom stereocenters. The van der Waals surface area contributed by atoms with E-state index in [2.05, 4.69) is 71.5 Å². The first-order valence-corrected chi connectivity index (χ1v) is 13.8. The van der Waals surface area contributed by atoms with Gasteiger partial charge in [-0.15, -0.1) is 0 Å². The van der Waals surface area contributed by atoms with Crippen molar-refractivity contribution in [3.05, 3.63) is 132 Å². The minimum Gasteiger partial charge on any atom is -0.490 e. The van der Waals surface area contributed by atoms with Gasteiger partial charge in [-0.1, -0.05) is 49.6 Å². The zero-order valence-electron chi connectivity index (χ0n) is 23.1. The number of nitrogens with zero attached hydrogens (tertiary/aromatic N) is 2. The Balaban J connectivity index is 1.06. The molecule has 0 aliphatic carbocycles. The molecule has 0 aromatic heterocycles. The molecule has 4 aromatic rings. The van der Waals surface area contributed by atoms with Crippen LogP contribution in [0.2, 0.25) is 0 Å². The number of fused-ring (bicyclic) bond motifs is 2. The zero-order valence-corrected chi connectivity index (χ0v) is 23.1. The van der Waals surface area contributed by atoms with Crippen LogP contribution < -0.4 is 28.7 Å². The van der Waals surface area contributed by atoms with Crippen molar-refractivity contribution in [2.45, 2.75) is 19.5 Å². The van der Waals surface area contributed by atoms with Crippen molar-refractivity contribution in [2.24, 2.45) is 0 Å². The van der Waals surface area contributed by atoms with Crippen molar-refractivity contribution in [3.8, 4) is 23.0 Å². The summed E-state index contributed by atoms with van der Waals surface area (Å²) in [5.74, 6) is 3.48. The molecule has 2 heterocycles. The maximum absolute atomic E-state index is 6.01. The van der Waals surface area contributed by atoms with E-state index in [1.807, 2.05) is 36.4 Å². The Labute approximate surface area is 241 Å². The van der Waals surface area contributed by atoms with Gasteiger partial charge in [0.05, 0.1) is 0 Å². The molecule has 6 heteroatoms. The number of ether oxygens (including phenoxy) is 4. The SMILES string of the molecule is C=CCOc1ccc2c(c1)CN(c1ccc(Cc3ccc(N4COc5ccc(OCC=C)cc5C4)cc3)cc1)CO2. The highest BCUT2D eigenvalue weighted by atomic mass is 16.5. The third kappa shape index (κ3) is 6.17. The van der Waals surface area contributed by atoms with Gasteiger partial charge in [-0.2, -0.15) is 0 Å². The summed E-state index contributed by atoms with van der Waals surface area (Å²) in [5, 5.41) is 0. The molecule has 0 N–H and O–H groups in total. The van der Waals surface area contributed by atoms with E-state index in [1.165, 1.54) is 11.1 Å². The first kappa shape index (κ1) is 26.4. The highest BCUT2D eigenvalue weighted by molar-refractivity contribution is 5.54. The second-order valence-electron chi connectivity index (χ2n) is 10.2. The van der Waals surface area contributed by atoms with Crippen LogP contribution in [0.3, 0.4) is 0 Å². The van der Waals surface area contributed by atoms with Crippen molar-refractivity contribution in [3.63, 3.8) is 0 Å². The van der Waals surface area contributed by atoms with Crippen LogP contribution in [0.1, 0.15) is 22.3 Å². The molecule has 2 aliphatic heterocycles. The summed E-state index contributed by atoms with van der Waals surface area (Å²) in [5.41, 5.74) is 7.03. The molecule has 0 spiro atoms. The molecule has 208 valence electrons. The van der Waals surface area contributed by atoms with Gasteiger partial charge >= 0.3 is 0 Å². The summed E-state index contributed by atoms with van der Waals surface area (Å²) in [6, 6.07) is 29.4. The quantitative estimate of drug-likeness (QED) is 0.197. The molecule has 0 amide bonds. The highest BCUT2D eigenvalue weighted by Crippen LogP contribution is 2.33. The topological polar surface area (TPSA) is 43.4 Å². The van der Waals surface area contributed by atoms with E-state index in [4.69, 9.17) is 18.9 Å². The Bertz CT molecular complexity index is 1400. The standard InChI is InChI=1S/C35H34N2O4/c1-3-17-38-32-13-15-34-28(20-32)22-36(24-40-34)30-9-5-26(6-10-30)19-27-7-11-31(12-8-27)37-23-29-21-33(39-18-4-2)14-16-35(29)41-25-37/h3-16,20-21H,1-2,17-19,22-25H2. The Kier molecular flexibility index (Phi) is 7.81. The van der Waals surface area contributed by atoms with Crippen molar-refractivity contribution < 1.29 is 18.9 Å².